The molecule has 1 aliphatic heterocycles. The topological polar surface area (TPSA) is 43.0 Å². The number of hydrogen-bond acceptors (Lipinski definition) is 5. The molecule has 0 radical (unpaired) electrons. The highest BCUT2D eigenvalue weighted by atomic mass is 16.5. The minimum atomic E-state index is 0.494. The molecule has 5 nitrogen and oxygen atoms in total. The largest absolute Gasteiger partial charge is 0.497 e. The van der Waals surface area contributed by atoms with Gasteiger partial charge in [0.1, 0.15) is 23.9 Å². The molecule has 1 unspecified atom stereocenters. The Balaban J connectivity index is 1.13. The van der Waals surface area contributed by atoms with Crippen molar-refractivity contribution in [1.29, 1.82) is 0 Å². The van der Waals surface area contributed by atoms with E-state index >= 15 is 0 Å². The van der Waals surface area contributed by atoms with Gasteiger partial charge in [0.05, 0.1) is 14.2 Å². The standard InChI is InChI=1S/C33H42N2O3/c1-36-30-13-9-26(10-14-30)27-19-28-20-32(37-2)21-29(33(28)22-27)24-34-23-25-7-11-31(12-8-25)38-18-17-35-15-5-3-4-6-16-35/h7-14,20-21,27,34H,3-6,15-19,22-24H2,1-2H3. The maximum Gasteiger partial charge on any atom is 0.119 e. The molecule has 1 saturated heterocycles. The van der Waals surface area contributed by atoms with Crippen LogP contribution in [0.5, 0.6) is 17.2 Å². The molecule has 1 aliphatic carbocycles. The van der Waals surface area contributed by atoms with Gasteiger partial charge in [-0.05, 0) is 109 Å². The Hall–Kier alpha value is -3.02. The second-order valence-corrected chi connectivity index (χ2v) is 10.7. The quantitative estimate of drug-likeness (QED) is 0.333. The second kappa shape index (κ2) is 13.2. The van der Waals surface area contributed by atoms with Gasteiger partial charge in [-0.3, -0.25) is 4.90 Å². The highest BCUT2D eigenvalue weighted by molar-refractivity contribution is 5.48. The van der Waals surface area contributed by atoms with Crippen LogP contribution in [0.15, 0.2) is 60.7 Å². The first kappa shape index (κ1) is 26.6. The van der Waals surface area contributed by atoms with Gasteiger partial charge in [0, 0.05) is 19.6 Å². The molecule has 0 saturated carbocycles. The summed E-state index contributed by atoms with van der Waals surface area (Å²) in [4.78, 5) is 2.54. The van der Waals surface area contributed by atoms with Gasteiger partial charge < -0.3 is 19.5 Å². The molecular weight excluding hydrogens is 472 g/mol. The lowest BCUT2D eigenvalue weighted by Crippen LogP contribution is -2.29. The first-order valence-corrected chi connectivity index (χ1v) is 14.2. The van der Waals surface area contributed by atoms with E-state index in [1.807, 2.05) is 0 Å². The first-order chi connectivity index (χ1) is 18.7. The Morgan fingerprint density at radius 1 is 0.763 bits per heavy atom. The van der Waals surface area contributed by atoms with E-state index in [4.69, 9.17) is 14.2 Å². The van der Waals surface area contributed by atoms with Crippen molar-refractivity contribution >= 4 is 0 Å². The van der Waals surface area contributed by atoms with Crippen LogP contribution in [0.1, 0.15) is 59.4 Å². The molecule has 0 spiro atoms. The molecule has 1 N–H and O–H groups in total. The lowest BCUT2D eigenvalue weighted by Gasteiger charge is -2.19. The van der Waals surface area contributed by atoms with Crippen LogP contribution in [0.3, 0.4) is 0 Å². The van der Waals surface area contributed by atoms with Crippen molar-refractivity contribution in [3.63, 3.8) is 0 Å². The Labute approximate surface area is 228 Å². The SMILES string of the molecule is COc1ccc(C2Cc3cc(OC)cc(CNCc4ccc(OCCN5CCCCCC5)cc4)c3C2)cc1. The monoisotopic (exact) mass is 514 g/mol. The summed E-state index contributed by atoms with van der Waals surface area (Å²) in [5, 5.41) is 3.66. The summed E-state index contributed by atoms with van der Waals surface area (Å²) in [6.07, 6.45) is 7.50. The fourth-order valence-electron chi connectivity index (χ4n) is 5.88. The van der Waals surface area contributed by atoms with E-state index < -0.39 is 0 Å². The molecule has 2 aliphatic rings. The highest BCUT2D eigenvalue weighted by Crippen LogP contribution is 2.38. The molecular formula is C33H42N2O3. The number of nitrogens with one attached hydrogen (secondary N) is 1. The van der Waals surface area contributed by atoms with E-state index in [9.17, 15) is 0 Å². The number of fused-ring (bicyclic) bond motifs is 1. The fourth-order valence-corrected chi connectivity index (χ4v) is 5.88. The van der Waals surface area contributed by atoms with Gasteiger partial charge in [0.25, 0.3) is 0 Å². The average molecular weight is 515 g/mol. The predicted octanol–water partition coefficient (Wildman–Crippen LogP) is 6.13. The van der Waals surface area contributed by atoms with E-state index in [-0.39, 0.29) is 0 Å². The number of likely N-dealkylation sites (tertiary alicyclic amines) is 1. The molecule has 0 amide bonds. The van der Waals surface area contributed by atoms with E-state index in [0.29, 0.717) is 5.92 Å². The van der Waals surface area contributed by atoms with E-state index in [1.165, 1.54) is 66.6 Å². The zero-order chi connectivity index (χ0) is 26.2. The van der Waals surface area contributed by atoms with Gasteiger partial charge in [0.2, 0.25) is 0 Å². The maximum absolute atomic E-state index is 6.03. The number of nitrogens with zero attached hydrogens (tertiary/aromatic N) is 1. The van der Waals surface area contributed by atoms with Crippen molar-refractivity contribution in [3.8, 4) is 17.2 Å². The Morgan fingerprint density at radius 3 is 2.18 bits per heavy atom. The normalized spacial score (nSPS) is 17.6. The van der Waals surface area contributed by atoms with Crippen LogP contribution in [-0.2, 0) is 25.9 Å². The zero-order valence-electron chi connectivity index (χ0n) is 23.0. The van der Waals surface area contributed by atoms with Gasteiger partial charge in [-0.2, -0.15) is 0 Å². The van der Waals surface area contributed by atoms with Crippen LogP contribution in [0.4, 0.5) is 0 Å². The molecule has 202 valence electrons. The first-order valence-electron chi connectivity index (χ1n) is 14.2. The lowest BCUT2D eigenvalue weighted by molar-refractivity contribution is 0.214. The Kier molecular flexibility index (Phi) is 9.21. The Bertz CT molecular complexity index is 1150. The van der Waals surface area contributed by atoms with Crippen LogP contribution in [-0.4, -0.2) is 45.4 Å². The third-order valence-electron chi connectivity index (χ3n) is 8.09. The van der Waals surface area contributed by atoms with Crippen LogP contribution in [0, 0.1) is 0 Å². The Morgan fingerprint density at radius 2 is 1.47 bits per heavy atom. The van der Waals surface area contributed by atoms with E-state index in [2.05, 4.69) is 70.9 Å². The summed E-state index contributed by atoms with van der Waals surface area (Å²) in [5.41, 5.74) is 6.84. The minimum Gasteiger partial charge on any atom is -0.497 e. The highest BCUT2D eigenvalue weighted by Gasteiger charge is 2.26. The molecule has 0 aromatic heterocycles. The van der Waals surface area contributed by atoms with Crippen molar-refractivity contribution in [1.82, 2.24) is 10.2 Å². The number of rotatable bonds is 11. The van der Waals surface area contributed by atoms with Crippen molar-refractivity contribution in [2.24, 2.45) is 0 Å². The number of benzene rings is 3. The summed E-state index contributed by atoms with van der Waals surface area (Å²) in [7, 11) is 3.47. The van der Waals surface area contributed by atoms with Gasteiger partial charge >= 0.3 is 0 Å². The van der Waals surface area contributed by atoms with Gasteiger partial charge in [-0.15, -0.1) is 0 Å². The summed E-state index contributed by atoms with van der Waals surface area (Å²) >= 11 is 0. The third-order valence-corrected chi connectivity index (χ3v) is 8.09. The minimum absolute atomic E-state index is 0.494. The fraction of sp³-hybridized carbons (Fsp3) is 0.455. The van der Waals surface area contributed by atoms with Crippen LogP contribution < -0.4 is 19.5 Å². The van der Waals surface area contributed by atoms with Crippen molar-refractivity contribution in [3.05, 3.63) is 88.5 Å². The van der Waals surface area contributed by atoms with Crippen molar-refractivity contribution in [2.45, 2.75) is 57.5 Å². The summed E-state index contributed by atoms with van der Waals surface area (Å²) < 4.78 is 17.0. The molecule has 5 rings (SSSR count). The number of ether oxygens (including phenoxy) is 3. The third kappa shape index (κ3) is 6.89. The van der Waals surface area contributed by atoms with Gasteiger partial charge in [-0.25, -0.2) is 0 Å². The lowest BCUT2D eigenvalue weighted by atomic mass is 9.96. The van der Waals surface area contributed by atoms with Gasteiger partial charge in [-0.1, -0.05) is 37.1 Å². The molecule has 3 aromatic carbocycles. The number of methoxy groups -OCH3 is 2. The summed E-state index contributed by atoms with van der Waals surface area (Å²) in [6, 6.07) is 21.5. The molecule has 1 heterocycles. The van der Waals surface area contributed by atoms with Crippen LogP contribution in [0.25, 0.3) is 0 Å². The van der Waals surface area contributed by atoms with Crippen molar-refractivity contribution in [2.75, 3.05) is 40.5 Å². The molecule has 0 bridgehead atoms. The summed E-state index contributed by atoms with van der Waals surface area (Å²) in [5.74, 6) is 3.30. The van der Waals surface area contributed by atoms with Crippen LogP contribution >= 0.6 is 0 Å². The molecule has 5 heteroatoms. The second-order valence-electron chi connectivity index (χ2n) is 10.7. The predicted molar refractivity (Wildman–Crippen MR) is 154 cm³/mol. The molecule has 3 aromatic rings. The van der Waals surface area contributed by atoms with Crippen LogP contribution in [0.2, 0.25) is 0 Å². The maximum atomic E-state index is 6.03. The molecule has 38 heavy (non-hydrogen) atoms. The van der Waals surface area contributed by atoms with E-state index in [0.717, 1.165) is 56.3 Å². The summed E-state index contributed by atoms with van der Waals surface area (Å²) in [6.45, 7) is 5.85. The molecule has 1 fully saturated rings. The van der Waals surface area contributed by atoms with Gasteiger partial charge in [0.15, 0.2) is 0 Å². The average Bonchev–Trinajstić information content (AvgIpc) is 3.22. The molecule has 1 atom stereocenters. The van der Waals surface area contributed by atoms with Crippen molar-refractivity contribution < 1.29 is 14.2 Å². The number of hydrogen-bond donors (Lipinski definition) is 1. The smallest absolute Gasteiger partial charge is 0.119 e. The van der Waals surface area contributed by atoms with E-state index in [1.54, 1.807) is 14.2 Å². The zero-order valence-corrected chi connectivity index (χ0v) is 23.0.